The molecule has 2 fully saturated rings. The highest BCUT2D eigenvalue weighted by atomic mass is 32.2. The van der Waals surface area contributed by atoms with Crippen molar-refractivity contribution in [3.05, 3.63) is 29.8 Å². The molecule has 2 saturated heterocycles. The molecule has 2 heterocycles. The third-order valence-corrected chi connectivity index (χ3v) is 7.61. The summed E-state index contributed by atoms with van der Waals surface area (Å²) in [6.45, 7) is 4.76. The summed E-state index contributed by atoms with van der Waals surface area (Å²) >= 11 is 5.46. The van der Waals surface area contributed by atoms with Gasteiger partial charge in [0.25, 0.3) is 0 Å². The second-order valence-electron chi connectivity index (χ2n) is 7.77. The van der Waals surface area contributed by atoms with Crippen LogP contribution in [0.25, 0.3) is 0 Å². The van der Waals surface area contributed by atoms with Crippen molar-refractivity contribution in [3.8, 4) is 5.75 Å². The quantitative estimate of drug-likeness (QED) is 0.693. The van der Waals surface area contributed by atoms with Crippen LogP contribution in [0.1, 0.15) is 37.8 Å². The summed E-state index contributed by atoms with van der Waals surface area (Å²) in [7, 11) is -1.29. The van der Waals surface area contributed by atoms with Gasteiger partial charge in [-0.1, -0.05) is 12.1 Å². The minimum Gasteiger partial charge on any atom is -0.497 e. The fourth-order valence-corrected chi connectivity index (χ4v) is 6.38. The molecule has 3 rings (SSSR count). The zero-order valence-corrected chi connectivity index (χ0v) is 17.7. The zero-order chi connectivity index (χ0) is 19.5. The van der Waals surface area contributed by atoms with Crippen molar-refractivity contribution in [1.29, 1.82) is 0 Å². The van der Waals surface area contributed by atoms with Crippen LogP contribution in [0, 0.1) is 0 Å². The standard InChI is InChI=1S/C19H29N3O3S2/c1-19(9-12-27(23,24)14-19)21-18(26)20-13-17(22-10-3-4-11-22)15-5-7-16(25-2)8-6-15/h5-8,17H,3-4,9-14H2,1-2H3,(H2,20,21,26)/t17-,19-/m0/s1. The van der Waals surface area contributed by atoms with Gasteiger partial charge in [-0.05, 0) is 69.2 Å². The molecule has 0 bridgehead atoms. The van der Waals surface area contributed by atoms with Gasteiger partial charge in [-0.25, -0.2) is 8.42 Å². The first-order chi connectivity index (χ1) is 12.8. The predicted octanol–water partition coefficient (Wildman–Crippen LogP) is 1.87. The summed E-state index contributed by atoms with van der Waals surface area (Å²) in [5.41, 5.74) is 0.745. The van der Waals surface area contributed by atoms with Crippen molar-refractivity contribution in [2.75, 3.05) is 38.2 Å². The molecule has 2 aliphatic heterocycles. The van der Waals surface area contributed by atoms with E-state index >= 15 is 0 Å². The Balaban J connectivity index is 1.63. The number of methoxy groups -OCH3 is 1. The minimum atomic E-state index is -2.96. The molecule has 2 N–H and O–H groups in total. The molecule has 8 heteroatoms. The molecule has 150 valence electrons. The van der Waals surface area contributed by atoms with Gasteiger partial charge >= 0.3 is 0 Å². The fraction of sp³-hybridized carbons (Fsp3) is 0.632. The van der Waals surface area contributed by atoms with Crippen LogP contribution in [-0.2, 0) is 9.84 Å². The first-order valence-corrected chi connectivity index (χ1v) is 11.7. The van der Waals surface area contributed by atoms with E-state index in [4.69, 9.17) is 17.0 Å². The monoisotopic (exact) mass is 411 g/mol. The van der Waals surface area contributed by atoms with Crippen LogP contribution in [0.4, 0.5) is 0 Å². The van der Waals surface area contributed by atoms with Crippen LogP contribution in [0.15, 0.2) is 24.3 Å². The lowest BCUT2D eigenvalue weighted by molar-refractivity contribution is 0.245. The highest BCUT2D eigenvalue weighted by molar-refractivity contribution is 7.91. The summed E-state index contributed by atoms with van der Waals surface area (Å²) in [4.78, 5) is 2.47. The molecule has 0 aromatic heterocycles. The molecule has 2 atom stereocenters. The lowest BCUT2D eigenvalue weighted by Crippen LogP contribution is -2.52. The molecule has 1 aromatic carbocycles. The molecule has 0 saturated carbocycles. The summed E-state index contributed by atoms with van der Waals surface area (Å²) in [5.74, 6) is 1.21. The van der Waals surface area contributed by atoms with Crippen LogP contribution >= 0.6 is 12.2 Å². The Morgan fingerprint density at radius 3 is 2.52 bits per heavy atom. The average Bonchev–Trinajstić information content (AvgIpc) is 3.23. The second kappa shape index (κ2) is 8.32. The molecule has 6 nitrogen and oxygen atoms in total. The molecular weight excluding hydrogens is 382 g/mol. The first-order valence-electron chi connectivity index (χ1n) is 9.45. The lowest BCUT2D eigenvalue weighted by Gasteiger charge is -2.31. The zero-order valence-electron chi connectivity index (χ0n) is 16.0. The van der Waals surface area contributed by atoms with E-state index in [1.54, 1.807) is 7.11 Å². The van der Waals surface area contributed by atoms with Gasteiger partial charge < -0.3 is 15.4 Å². The van der Waals surface area contributed by atoms with Crippen LogP contribution in [0.2, 0.25) is 0 Å². The van der Waals surface area contributed by atoms with Crippen LogP contribution in [0.5, 0.6) is 5.75 Å². The van der Waals surface area contributed by atoms with Gasteiger partial charge in [0.15, 0.2) is 14.9 Å². The van der Waals surface area contributed by atoms with Gasteiger partial charge in [0.1, 0.15) is 5.75 Å². The SMILES string of the molecule is COc1ccc([C@H](CNC(=S)N[C@@]2(C)CCS(=O)(=O)C2)N2CCCC2)cc1. The van der Waals surface area contributed by atoms with Crippen molar-refractivity contribution < 1.29 is 13.2 Å². The van der Waals surface area contributed by atoms with Crippen molar-refractivity contribution in [3.63, 3.8) is 0 Å². The number of rotatable bonds is 6. The highest BCUT2D eigenvalue weighted by Crippen LogP contribution is 2.26. The first kappa shape index (κ1) is 20.4. The topological polar surface area (TPSA) is 70.7 Å². The molecule has 0 unspecified atom stereocenters. The van der Waals surface area contributed by atoms with E-state index in [1.165, 1.54) is 18.4 Å². The largest absolute Gasteiger partial charge is 0.497 e. The highest BCUT2D eigenvalue weighted by Gasteiger charge is 2.38. The summed E-state index contributed by atoms with van der Waals surface area (Å²) in [5, 5.41) is 7.07. The van der Waals surface area contributed by atoms with Crippen molar-refractivity contribution in [2.45, 2.75) is 37.8 Å². The summed E-state index contributed by atoms with van der Waals surface area (Å²) < 4.78 is 28.8. The van der Waals surface area contributed by atoms with Crippen molar-refractivity contribution in [1.82, 2.24) is 15.5 Å². The number of nitrogens with one attached hydrogen (secondary N) is 2. The Bertz CT molecular complexity index is 761. The Morgan fingerprint density at radius 2 is 1.96 bits per heavy atom. The van der Waals surface area contributed by atoms with Crippen molar-refractivity contribution >= 4 is 27.2 Å². The van der Waals surface area contributed by atoms with E-state index in [-0.39, 0.29) is 17.5 Å². The number of hydrogen-bond acceptors (Lipinski definition) is 5. The molecule has 27 heavy (non-hydrogen) atoms. The number of thiocarbonyl (C=S) groups is 1. The molecule has 0 spiro atoms. The van der Waals surface area contributed by atoms with Crippen molar-refractivity contribution in [2.24, 2.45) is 0 Å². The second-order valence-corrected chi connectivity index (χ2v) is 10.4. The van der Waals surface area contributed by atoms with Gasteiger partial charge in [0.2, 0.25) is 0 Å². The molecule has 1 aromatic rings. The smallest absolute Gasteiger partial charge is 0.166 e. The number of ether oxygens (including phenoxy) is 1. The van der Waals surface area contributed by atoms with E-state index in [1.807, 2.05) is 19.1 Å². The van der Waals surface area contributed by atoms with Crippen LogP contribution in [0.3, 0.4) is 0 Å². The molecule has 0 aliphatic carbocycles. The fourth-order valence-electron chi connectivity index (χ4n) is 3.95. The van der Waals surface area contributed by atoms with E-state index in [9.17, 15) is 8.42 Å². The maximum atomic E-state index is 11.8. The Morgan fingerprint density at radius 1 is 1.30 bits per heavy atom. The number of nitrogens with zero attached hydrogens (tertiary/aromatic N) is 1. The number of sulfone groups is 1. The van der Waals surface area contributed by atoms with E-state index < -0.39 is 15.4 Å². The Labute approximate surface area is 167 Å². The van der Waals surface area contributed by atoms with Crippen LogP contribution < -0.4 is 15.4 Å². The normalized spacial score (nSPS) is 25.9. The number of hydrogen-bond donors (Lipinski definition) is 2. The number of benzene rings is 1. The van der Waals surface area contributed by atoms with Gasteiger partial charge in [-0.15, -0.1) is 0 Å². The minimum absolute atomic E-state index is 0.135. The maximum Gasteiger partial charge on any atom is 0.166 e. The van der Waals surface area contributed by atoms with E-state index in [0.29, 0.717) is 18.1 Å². The third-order valence-electron chi connectivity index (χ3n) is 5.46. The van der Waals surface area contributed by atoms with Crippen LogP contribution in [-0.4, -0.2) is 62.2 Å². The van der Waals surface area contributed by atoms with E-state index in [0.717, 1.165) is 18.8 Å². The lowest BCUT2D eigenvalue weighted by atomic mass is 10.0. The summed E-state index contributed by atoms with van der Waals surface area (Å²) in [6, 6.07) is 8.40. The average molecular weight is 412 g/mol. The maximum absolute atomic E-state index is 11.8. The van der Waals surface area contributed by atoms with Gasteiger partial charge in [0.05, 0.1) is 30.2 Å². The predicted molar refractivity (Wildman–Crippen MR) is 112 cm³/mol. The Hall–Kier alpha value is -1.38. The van der Waals surface area contributed by atoms with Gasteiger partial charge in [0, 0.05) is 6.54 Å². The third kappa shape index (κ3) is 5.33. The number of likely N-dealkylation sites (tertiary alicyclic amines) is 1. The molecule has 2 aliphatic rings. The van der Waals surface area contributed by atoms with E-state index in [2.05, 4.69) is 27.7 Å². The molecule has 0 amide bonds. The summed E-state index contributed by atoms with van der Waals surface area (Å²) in [6.07, 6.45) is 3.02. The molecular formula is C19H29N3O3S2. The molecule has 0 radical (unpaired) electrons. The van der Waals surface area contributed by atoms with Gasteiger partial charge in [-0.2, -0.15) is 0 Å². The Kier molecular flexibility index (Phi) is 6.28. The van der Waals surface area contributed by atoms with Gasteiger partial charge in [-0.3, -0.25) is 4.90 Å².